The average molecular weight is 174 g/mol. The summed E-state index contributed by atoms with van der Waals surface area (Å²) in [5, 5.41) is 0. The lowest BCUT2D eigenvalue weighted by molar-refractivity contribution is -0.116. The molecule has 0 bridgehead atoms. The molecule has 0 spiro atoms. The summed E-state index contributed by atoms with van der Waals surface area (Å²) < 4.78 is 0. The molecule has 68 valence electrons. The van der Waals surface area contributed by atoms with Crippen LogP contribution in [0.4, 0.5) is 0 Å². The quantitative estimate of drug-likeness (QED) is 0.644. The average Bonchev–Trinajstić information content (AvgIpc) is 2.17. The van der Waals surface area contributed by atoms with E-state index in [2.05, 4.69) is 6.58 Å². The van der Waals surface area contributed by atoms with Gasteiger partial charge in [0, 0.05) is 5.92 Å². The van der Waals surface area contributed by atoms with E-state index in [0.29, 0.717) is 5.57 Å². The third kappa shape index (κ3) is 2.28. The second-order valence-electron chi connectivity index (χ2n) is 3.28. The Bertz CT molecular complexity index is 311. The third-order valence-electron chi connectivity index (χ3n) is 2.11. The maximum atomic E-state index is 11.5. The predicted molar refractivity (Wildman–Crippen MR) is 54.7 cm³/mol. The summed E-state index contributed by atoms with van der Waals surface area (Å²) in [4.78, 5) is 11.5. The van der Waals surface area contributed by atoms with Crippen LogP contribution in [0.25, 0.3) is 0 Å². The van der Waals surface area contributed by atoms with Crippen LogP contribution in [-0.4, -0.2) is 5.78 Å². The largest absolute Gasteiger partial charge is 0.294 e. The van der Waals surface area contributed by atoms with Gasteiger partial charge in [-0.15, -0.1) is 0 Å². The van der Waals surface area contributed by atoms with Crippen molar-refractivity contribution >= 4 is 5.78 Å². The summed E-state index contributed by atoms with van der Waals surface area (Å²) >= 11 is 0. The molecule has 0 aliphatic rings. The van der Waals surface area contributed by atoms with Gasteiger partial charge in [-0.1, -0.05) is 43.8 Å². The summed E-state index contributed by atoms with van der Waals surface area (Å²) in [7, 11) is 0. The Balaban J connectivity index is 2.86. The second-order valence-corrected chi connectivity index (χ2v) is 3.28. The first-order valence-corrected chi connectivity index (χ1v) is 4.37. The molecule has 1 nitrogen and oxygen atoms in total. The van der Waals surface area contributed by atoms with Gasteiger partial charge >= 0.3 is 0 Å². The molecule has 0 aromatic heterocycles. The van der Waals surface area contributed by atoms with Gasteiger partial charge in [0.05, 0.1) is 0 Å². The Labute approximate surface area is 79.1 Å². The van der Waals surface area contributed by atoms with E-state index in [4.69, 9.17) is 0 Å². The van der Waals surface area contributed by atoms with Gasteiger partial charge in [0.15, 0.2) is 5.78 Å². The van der Waals surface area contributed by atoms with Crippen LogP contribution in [0.15, 0.2) is 42.5 Å². The molecular formula is C12H14O. The van der Waals surface area contributed by atoms with Gasteiger partial charge in [-0.3, -0.25) is 4.79 Å². The SMILES string of the molecule is C=C(C)C(=O)C(C)c1ccccc1. The molecule has 0 saturated carbocycles. The lowest BCUT2D eigenvalue weighted by Crippen LogP contribution is -2.09. The zero-order valence-electron chi connectivity index (χ0n) is 8.08. The Morgan fingerprint density at radius 2 is 1.85 bits per heavy atom. The topological polar surface area (TPSA) is 17.1 Å². The van der Waals surface area contributed by atoms with E-state index >= 15 is 0 Å². The minimum absolute atomic E-state index is 0.0706. The van der Waals surface area contributed by atoms with E-state index in [1.807, 2.05) is 37.3 Å². The number of hydrogen-bond donors (Lipinski definition) is 0. The number of ketones is 1. The normalized spacial score (nSPS) is 12.2. The maximum Gasteiger partial charge on any atom is 0.165 e. The van der Waals surface area contributed by atoms with Crippen LogP contribution in [0.2, 0.25) is 0 Å². The fourth-order valence-electron chi connectivity index (χ4n) is 1.26. The summed E-state index contributed by atoms with van der Waals surface area (Å²) in [5.41, 5.74) is 1.67. The minimum atomic E-state index is -0.0706. The highest BCUT2D eigenvalue weighted by Gasteiger charge is 2.14. The first kappa shape index (κ1) is 9.72. The molecule has 0 aliphatic carbocycles. The fraction of sp³-hybridized carbons (Fsp3) is 0.250. The van der Waals surface area contributed by atoms with Crippen LogP contribution >= 0.6 is 0 Å². The summed E-state index contributed by atoms with van der Waals surface area (Å²) in [6, 6.07) is 9.76. The van der Waals surface area contributed by atoms with Gasteiger partial charge in [0.2, 0.25) is 0 Å². The molecule has 13 heavy (non-hydrogen) atoms. The highest BCUT2D eigenvalue weighted by Crippen LogP contribution is 2.18. The zero-order chi connectivity index (χ0) is 9.84. The molecule has 1 unspecified atom stereocenters. The number of rotatable bonds is 3. The van der Waals surface area contributed by atoms with Crippen molar-refractivity contribution < 1.29 is 4.79 Å². The van der Waals surface area contributed by atoms with E-state index < -0.39 is 0 Å². The molecule has 0 amide bonds. The van der Waals surface area contributed by atoms with Crippen molar-refractivity contribution in [3.8, 4) is 0 Å². The highest BCUT2D eigenvalue weighted by atomic mass is 16.1. The molecular weight excluding hydrogens is 160 g/mol. The van der Waals surface area contributed by atoms with E-state index in [-0.39, 0.29) is 11.7 Å². The van der Waals surface area contributed by atoms with Crippen molar-refractivity contribution in [2.24, 2.45) is 0 Å². The number of allylic oxidation sites excluding steroid dienone is 1. The van der Waals surface area contributed by atoms with Crippen LogP contribution < -0.4 is 0 Å². The number of benzene rings is 1. The van der Waals surface area contributed by atoms with Crippen molar-refractivity contribution in [3.63, 3.8) is 0 Å². The summed E-state index contributed by atoms with van der Waals surface area (Å²) in [5.74, 6) is 0.0462. The molecule has 0 N–H and O–H groups in total. The lowest BCUT2D eigenvalue weighted by Gasteiger charge is -2.09. The van der Waals surface area contributed by atoms with Gasteiger partial charge in [-0.05, 0) is 18.1 Å². The van der Waals surface area contributed by atoms with Crippen LogP contribution in [-0.2, 0) is 4.79 Å². The molecule has 1 rings (SSSR count). The van der Waals surface area contributed by atoms with Gasteiger partial charge in [0.25, 0.3) is 0 Å². The highest BCUT2D eigenvalue weighted by molar-refractivity contribution is 5.98. The molecule has 1 aromatic carbocycles. The number of carbonyl (C=O) groups is 1. The standard InChI is InChI=1S/C12H14O/c1-9(2)12(13)10(3)11-7-5-4-6-8-11/h4-8,10H,1H2,2-3H3. The lowest BCUT2D eigenvalue weighted by atomic mass is 9.94. The van der Waals surface area contributed by atoms with Crippen molar-refractivity contribution in [2.45, 2.75) is 19.8 Å². The van der Waals surface area contributed by atoms with E-state index in [1.165, 1.54) is 0 Å². The van der Waals surface area contributed by atoms with Crippen molar-refractivity contribution in [1.82, 2.24) is 0 Å². The smallest absolute Gasteiger partial charge is 0.165 e. The Morgan fingerprint density at radius 3 is 2.31 bits per heavy atom. The molecule has 1 heteroatoms. The van der Waals surface area contributed by atoms with Crippen molar-refractivity contribution in [3.05, 3.63) is 48.0 Å². The Morgan fingerprint density at radius 1 is 1.31 bits per heavy atom. The molecule has 0 aliphatic heterocycles. The number of Topliss-reactive ketones (excluding diaryl/α,β-unsaturated/α-hetero) is 1. The summed E-state index contributed by atoms with van der Waals surface area (Å²) in [6.07, 6.45) is 0. The fourth-order valence-corrected chi connectivity index (χ4v) is 1.26. The molecule has 1 aromatic rings. The Hall–Kier alpha value is -1.37. The number of hydrogen-bond acceptors (Lipinski definition) is 1. The Kier molecular flexibility index (Phi) is 3.02. The zero-order valence-corrected chi connectivity index (χ0v) is 8.08. The van der Waals surface area contributed by atoms with Gasteiger partial charge < -0.3 is 0 Å². The molecule has 0 heterocycles. The monoisotopic (exact) mass is 174 g/mol. The maximum absolute atomic E-state index is 11.5. The van der Waals surface area contributed by atoms with Gasteiger partial charge in [-0.2, -0.15) is 0 Å². The summed E-state index contributed by atoms with van der Waals surface area (Å²) in [6.45, 7) is 7.31. The molecule has 0 fully saturated rings. The first-order valence-electron chi connectivity index (χ1n) is 4.37. The molecule has 1 atom stereocenters. The number of carbonyl (C=O) groups excluding carboxylic acids is 1. The van der Waals surface area contributed by atoms with Crippen molar-refractivity contribution in [1.29, 1.82) is 0 Å². The van der Waals surface area contributed by atoms with E-state index in [0.717, 1.165) is 5.56 Å². The van der Waals surface area contributed by atoms with E-state index in [9.17, 15) is 4.79 Å². The molecule has 0 saturated heterocycles. The van der Waals surface area contributed by atoms with Crippen molar-refractivity contribution in [2.75, 3.05) is 0 Å². The van der Waals surface area contributed by atoms with Gasteiger partial charge in [0.1, 0.15) is 0 Å². The van der Waals surface area contributed by atoms with Crippen LogP contribution in [0, 0.1) is 0 Å². The van der Waals surface area contributed by atoms with Crippen LogP contribution in [0.3, 0.4) is 0 Å². The molecule has 0 radical (unpaired) electrons. The first-order chi connectivity index (χ1) is 6.13. The second kappa shape index (κ2) is 4.04. The van der Waals surface area contributed by atoms with Crippen LogP contribution in [0.5, 0.6) is 0 Å². The van der Waals surface area contributed by atoms with Gasteiger partial charge in [-0.25, -0.2) is 0 Å². The minimum Gasteiger partial charge on any atom is -0.294 e. The van der Waals surface area contributed by atoms with Crippen LogP contribution in [0.1, 0.15) is 25.3 Å². The van der Waals surface area contributed by atoms with E-state index in [1.54, 1.807) is 6.92 Å². The predicted octanol–water partition coefficient (Wildman–Crippen LogP) is 2.94. The third-order valence-corrected chi connectivity index (χ3v) is 2.11.